The lowest BCUT2D eigenvalue weighted by atomic mass is 10.2. The van der Waals surface area contributed by atoms with Gasteiger partial charge in [0.25, 0.3) is 0 Å². The highest BCUT2D eigenvalue weighted by atomic mass is 32.1. The first kappa shape index (κ1) is 13.0. The number of amides is 1. The molecule has 2 aliphatic carbocycles. The van der Waals surface area contributed by atoms with Gasteiger partial charge < -0.3 is 10.6 Å². The summed E-state index contributed by atoms with van der Waals surface area (Å²) in [5, 5.41) is 7.05. The van der Waals surface area contributed by atoms with Crippen molar-refractivity contribution in [3.8, 4) is 0 Å². The number of pyridine rings is 1. The van der Waals surface area contributed by atoms with Gasteiger partial charge in [-0.15, -0.1) is 0 Å². The number of thiazole rings is 1. The van der Waals surface area contributed by atoms with Gasteiger partial charge in [0, 0.05) is 12.0 Å². The van der Waals surface area contributed by atoms with E-state index in [9.17, 15) is 4.79 Å². The van der Waals surface area contributed by atoms with Gasteiger partial charge in [0.05, 0.1) is 0 Å². The molecule has 0 saturated heterocycles. The molecule has 2 saturated carbocycles. The summed E-state index contributed by atoms with van der Waals surface area (Å²) in [6, 6.07) is 4.51. The van der Waals surface area contributed by atoms with Crippen molar-refractivity contribution in [3.05, 3.63) is 12.1 Å². The Morgan fingerprint density at radius 2 is 1.95 bits per heavy atom. The molecule has 0 aromatic carbocycles. The van der Waals surface area contributed by atoms with Crippen molar-refractivity contribution in [1.82, 2.24) is 9.97 Å². The molecule has 2 aliphatic rings. The normalized spacial score (nSPS) is 19.0. The van der Waals surface area contributed by atoms with Gasteiger partial charge in [-0.25, -0.2) is 9.97 Å². The Kier molecular flexibility index (Phi) is 3.25. The predicted molar refractivity (Wildman–Crippen MR) is 84.6 cm³/mol. The van der Waals surface area contributed by atoms with Crippen LogP contribution in [0.4, 0.5) is 10.9 Å². The van der Waals surface area contributed by atoms with Gasteiger partial charge in [-0.05, 0) is 37.8 Å². The highest BCUT2D eigenvalue weighted by molar-refractivity contribution is 7.22. The lowest BCUT2D eigenvalue weighted by Crippen LogP contribution is -2.15. The molecule has 4 rings (SSSR count). The number of carbonyl (C=O) groups is 1. The van der Waals surface area contributed by atoms with E-state index in [1.54, 1.807) is 0 Å². The van der Waals surface area contributed by atoms with E-state index in [4.69, 9.17) is 0 Å². The molecule has 0 spiro atoms. The molecule has 5 nitrogen and oxygen atoms in total. The van der Waals surface area contributed by atoms with Crippen molar-refractivity contribution >= 4 is 38.5 Å². The lowest BCUT2D eigenvalue weighted by Gasteiger charge is -2.11. The lowest BCUT2D eigenvalue weighted by molar-refractivity contribution is -0.117. The molecule has 21 heavy (non-hydrogen) atoms. The Labute approximate surface area is 127 Å². The molecule has 0 radical (unpaired) electrons. The number of aromatic nitrogens is 2. The first-order valence-corrected chi connectivity index (χ1v) is 8.44. The molecule has 0 unspecified atom stereocenters. The average molecular weight is 302 g/mol. The number of hydrogen-bond acceptors (Lipinski definition) is 5. The molecular weight excluding hydrogens is 284 g/mol. The quantitative estimate of drug-likeness (QED) is 0.908. The fourth-order valence-electron chi connectivity index (χ4n) is 2.78. The second-order valence-electron chi connectivity index (χ2n) is 5.93. The minimum atomic E-state index is 0.0957. The van der Waals surface area contributed by atoms with E-state index >= 15 is 0 Å². The summed E-state index contributed by atoms with van der Waals surface area (Å²) in [5.41, 5.74) is 0.850. The molecule has 1 amide bonds. The van der Waals surface area contributed by atoms with Crippen LogP contribution in [0.25, 0.3) is 10.3 Å². The number of fused-ring (bicyclic) bond motifs is 1. The van der Waals surface area contributed by atoms with Gasteiger partial charge in [0.15, 0.2) is 5.13 Å². The van der Waals surface area contributed by atoms with Crippen LogP contribution in [0, 0.1) is 5.92 Å². The third kappa shape index (κ3) is 2.85. The minimum absolute atomic E-state index is 0.0957. The van der Waals surface area contributed by atoms with Crippen LogP contribution < -0.4 is 10.6 Å². The average Bonchev–Trinajstić information content (AvgIpc) is 3.07. The monoisotopic (exact) mass is 302 g/mol. The summed E-state index contributed by atoms with van der Waals surface area (Å²) in [6.45, 7) is 0. The molecule has 0 aliphatic heterocycles. The highest BCUT2D eigenvalue weighted by Crippen LogP contribution is 2.32. The van der Waals surface area contributed by atoms with Crippen LogP contribution in [0.15, 0.2) is 12.1 Å². The van der Waals surface area contributed by atoms with E-state index in [1.165, 1.54) is 37.0 Å². The summed E-state index contributed by atoms with van der Waals surface area (Å²) in [6.07, 6.45) is 7.07. The zero-order valence-electron chi connectivity index (χ0n) is 11.8. The van der Waals surface area contributed by atoms with Crippen molar-refractivity contribution in [2.45, 2.75) is 44.6 Å². The van der Waals surface area contributed by atoms with Gasteiger partial charge in [-0.2, -0.15) is 0 Å². The Bertz CT molecular complexity index is 673. The van der Waals surface area contributed by atoms with Crippen molar-refractivity contribution in [2.75, 3.05) is 10.6 Å². The molecule has 2 heterocycles. The van der Waals surface area contributed by atoms with Gasteiger partial charge in [-0.1, -0.05) is 24.2 Å². The second kappa shape index (κ2) is 5.26. The zero-order valence-corrected chi connectivity index (χ0v) is 12.6. The smallest absolute Gasteiger partial charge is 0.229 e. The maximum atomic E-state index is 11.8. The highest BCUT2D eigenvalue weighted by Gasteiger charge is 2.30. The predicted octanol–water partition coefficient (Wildman–Crippen LogP) is 3.39. The largest absolute Gasteiger partial charge is 0.367 e. The Morgan fingerprint density at radius 1 is 1.14 bits per heavy atom. The molecule has 6 heteroatoms. The summed E-state index contributed by atoms with van der Waals surface area (Å²) >= 11 is 1.45. The first-order chi connectivity index (χ1) is 10.3. The van der Waals surface area contributed by atoms with E-state index in [-0.39, 0.29) is 11.8 Å². The molecule has 2 aromatic rings. The van der Waals surface area contributed by atoms with Crippen molar-refractivity contribution in [3.63, 3.8) is 0 Å². The summed E-state index contributed by atoms with van der Waals surface area (Å²) in [4.78, 5) is 21.7. The van der Waals surface area contributed by atoms with Gasteiger partial charge in [0.2, 0.25) is 5.91 Å². The molecule has 2 N–H and O–H groups in total. The molecule has 2 fully saturated rings. The Morgan fingerprint density at radius 3 is 2.71 bits per heavy atom. The maximum Gasteiger partial charge on any atom is 0.229 e. The molecule has 0 bridgehead atoms. The summed E-state index contributed by atoms with van der Waals surface area (Å²) < 4.78 is 0. The number of rotatable bonds is 4. The zero-order chi connectivity index (χ0) is 14.2. The summed E-state index contributed by atoms with van der Waals surface area (Å²) in [5.74, 6) is 1.21. The molecule has 110 valence electrons. The number of hydrogen-bond donors (Lipinski definition) is 2. The van der Waals surface area contributed by atoms with Crippen molar-refractivity contribution in [2.24, 2.45) is 5.92 Å². The van der Waals surface area contributed by atoms with Gasteiger partial charge in [-0.3, -0.25) is 4.79 Å². The van der Waals surface area contributed by atoms with Crippen LogP contribution >= 0.6 is 11.3 Å². The minimum Gasteiger partial charge on any atom is -0.367 e. The van der Waals surface area contributed by atoms with Crippen LogP contribution in [0.3, 0.4) is 0 Å². The Balaban J connectivity index is 1.51. The van der Waals surface area contributed by atoms with Crippen LogP contribution in [-0.4, -0.2) is 21.9 Å². The van der Waals surface area contributed by atoms with E-state index in [2.05, 4.69) is 20.6 Å². The molecular formula is C15H18N4OS. The fraction of sp³-hybridized carbons (Fsp3) is 0.533. The maximum absolute atomic E-state index is 11.8. The summed E-state index contributed by atoms with van der Waals surface area (Å²) in [7, 11) is 0. The van der Waals surface area contributed by atoms with Crippen molar-refractivity contribution < 1.29 is 4.79 Å². The SMILES string of the molecule is O=C(Nc1nc2ccc(NC3CCCC3)nc2s1)C1CC1. The van der Waals surface area contributed by atoms with E-state index < -0.39 is 0 Å². The van der Waals surface area contributed by atoms with Gasteiger partial charge >= 0.3 is 0 Å². The standard InChI is InChI=1S/C15H18N4OS/c20-13(9-5-6-9)19-15-17-11-7-8-12(18-14(11)21-15)16-10-3-1-2-4-10/h7-10H,1-6H2,(H,16,18)(H,17,19,20). The third-order valence-electron chi connectivity index (χ3n) is 4.14. The molecule has 2 aromatic heterocycles. The van der Waals surface area contributed by atoms with Gasteiger partial charge in [0.1, 0.15) is 16.2 Å². The Hall–Kier alpha value is -1.69. The fourth-order valence-corrected chi connectivity index (χ4v) is 3.62. The number of nitrogens with zero attached hydrogens (tertiary/aromatic N) is 2. The van der Waals surface area contributed by atoms with E-state index in [0.717, 1.165) is 29.0 Å². The van der Waals surface area contributed by atoms with E-state index in [0.29, 0.717) is 11.2 Å². The van der Waals surface area contributed by atoms with Crippen LogP contribution in [-0.2, 0) is 4.79 Å². The van der Waals surface area contributed by atoms with Crippen LogP contribution in [0.1, 0.15) is 38.5 Å². The number of nitrogens with one attached hydrogen (secondary N) is 2. The number of anilines is 2. The second-order valence-corrected chi connectivity index (χ2v) is 6.91. The van der Waals surface area contributed by atoms with Crippen LogP contribution in [0.5, 0.6) is 0 Å². The van der Waals surface area contributed by atoms with Crippen LogP contribution in [0.2, 0.25) is 0 Å². The van der Waals surface area contributed by atoms with Crippen molar-refractivity contribution in [1.29, 1.82) is 0 Å². The third-order valence-corrected chi connectivity index (χ3v) is 5.02. The first-order valence-electron chi connectivity index (χ1n) is 7.63. The number of carbonyl (C=O) groups excluding carboxylic acids is 1. The van der Waals surface area contributed by atoms with E-state index in [1.807, 2.05) is 12.1 Å². The molecule has 0 atom stereocenters. The topological polar surface area (TPSA) is 66.9 Å².